The number of amides is 1. The Labute approximate surface area is 158 Å². The molecule has 8 nitrogen and oxygen atoms in total. The maximum absolute atomic E-state index is 12.7. The Kier molecular flexibility index (Phi) is 5.92. The first-order chi connectivity index (χ1) is 13.1. The fourth-order valence-electron chi connectivity index (χ4n) is 2.37. The number of nitrogens with one attached hydrogen (secondary N) is 1. The number of nitrogens with zero attached hydrogens (tertiary/aromatic N) is 2. The molecule has 0 bridgehead atoms. The van der Waals surface area contributed by atoms with Crippen molar-refractivity contribution < 1.29 is 18.7 Å². The van der Waals surface area contributed by atoms with Crippen molar-refractivity contribution in [1.29, 1.82) is 0 Å². The van der Waals surface area contributed by atoms with Gasteiger partial charge in [0.25, 0.3) is 5.56 Å². The molecule has 0 aliphatic heterocycles. The van der Waals surface area contributed by atoms with Crippen molar-refractivity contribution in [3.63, 3.8) is 0 Å². The standard InChI is InChI=1S/C18H17N3O5S/c1-25-16(23)10-21-17(24)13-6-2-3-7-14(13)20-18(21)27-11-15(22)19-9-12-5-4-8-26-12/h2-8H,9-11H2,1H3,(H,19,22). The summed E-state index contributed by atoms with van der Waals surface area (Å²) in [6.07, 6.45) is 1.53. The summed E-state index contributed by atoms with van der Waals surface area (Å²) in [5, 5.41) is 3.39. The summed E-state index contributed by atoms with van der Waals surface area (Å²) in [4.78, 5) is 40.9. The van der Waals surface area contributed by atoms with Crippen LogP contribution in [0.1, 0.15) is 5.76 Å². The van der Waals surface area contributed by atoms with Gasteiger partial charge in [-0.05, 0) is 24.3 Å². The van der Waals surface area contributed by atoms with Crippen LogP contribution in [0.4, 0.5) is 0 Å². The van der Waals surface area contributed by atoms with Gasteiger partial charge in [-0.15, -0.1) is 0 Å². The Morgan fingerprint density at radius 1 is 1.26 bits per heavy atom. The van der Waals surface area contributed by atoms with Gasteiger partial charge in [-0.1, -0.05) is 23.9 Å². The number of carbonyl (C=O) groups excluding carboxylic acids is 2. The third-order valence-corrected chi connectivity index (χ3v) is 4.69. The molecular formula is C18H17N3O5S. The zero-order chi connectivity index (χ0) is 19.2. The lowest BCUT2D eigenvalue weighted by molar-refractivity contribution is -0.141. The monoisotopic (exact) mass is 387 g/mol. The molecule has 2 aromatic heterocycles. The van der Waals surface area contributed by atoms with E-state index < -0.39 is 5.97 Å². The van der Waals surface area contributed by atoms with Gasteiger partial charge in [0.05, 0.1) is 36.6 Å². The second kappa shape index (κ2) is 8.54. The first-order valence-electron chi connectivity index (χ1n) is 8.06. The molecule has 0 radical (unpaired) electrons. The summed E-state index contributed by atoms with van der Waals surface area (Å²) in [6.45, 7) is -0.00394. The molecule has 3 rings (SSSR count). The summed E-state index contributed by atoms with van der Waals surface area (Å²) < 4.78 is 11.0. The van der Waals surface area contributed by atoms with Crippen molar-refractivity contribution in [2.45, 2.75) is 18.2 Å². The molecule has 0 spiro atoms. The highest BCUT2D eigenvalue weighted by Crippen LogP contribution is 2.17. The van der Waals surface area contributed by atoms with Crippen LogP contribution in [-0.4, -0.2) is 34.3 Å². The number of hydrogen-bond acceptors (Lipinski definition) is 7. The molecule has 27 heavy (non-hydrogen) atoms. The Morgan fingerprint density at radius 2 is 2.07 bits per heavy atom. The number of esters is 1. The Hall–Kier alpha value is -3.07. The van der Waals surface area contributed by atoms with Gasteiger partial charge in [0.15, 0.2) is 5.16 Å². The molecule has 0 unspecified atom stereocenters. The predicted octanol–water partition coefficient (Wildman–Crippen LogP) is 1.57. The summed E-state index contributed by atoms with van der Waals surface area (Å²) in [5.74, 6) is -0.145. The molecule has 9 heteroatoms. The minimum absolute atomic E-state index is 0.0344. The van der Waals surface area contributed by atoms with Gasteiger partial charge >= 0.3 is 5.97 Å². The number of para-hydroxylation sites is 1. The maximum atomic E-state index is 12.7. The fourth-order valence-corrected chi connectivity index (χ4v) is 3.20. The molecule has 0 aliphatic carbocycles. The minimum atomic E-state index is -0.571. The van der Waals surface area contributed by atoms with E-state index in [2.05, 4.69) is 15.0 Å². The summed E-state index contributed by atoms with van der Waals surface area (Å²) in [6, 6.07) is 10.3. The Balaban J connectivity index is 1.79. The molecule has 140 valence electrons. The smallest absolute Gasteiger partial charge is 0.325 e. The number of aromatic nitrogens is 2. The van der Waals surface area contributed by atoms with Crippen molar-refractivity contribution in [2.24, 2.45) is 0 Å². The number of carbonyl (C=O) groups is 2. The number of ether oxygens (including phenoxy) is 1. The van der Waals surface area contributed by atoms with E-state index in [1.165, 1.54) is 17.9 Å². The fraction of sp³-hybridized carbons (Fsp3) is 0.222. The van der Waals surface area contributed by atoms with Crippen molar-refractivity contribution in [3.8, 4) is 0 Å². The van der Waals surface area contributed by atoms with Crippen LogP contribution in [0.2, 0.25) is 0 Å². The van der Waals surface area contributed by atoms with Gasteiger partial charge in [0.2, 0.25) is 5.91 Å². The first-order valence-corrected chi connectivity index (χ1v) is 9.05. The maximum Gasteiger partial charge on any atom is 0.325 e. The Morgan fingerprint density at radius 3 is 2.81 bits per heavy atom. The van der Waals surface area contributed by atoms with Gasteiger partial charge in [0, 0.05) is 0 Å². The highest BCUT2D eigenvalue weighted by molar-refractivity contribution is 7.99. The van der Waals surface area contributed by atoms with E-state index in [1.54, 1.807) is 36.4 Å². The highest BCUT2D eigenvalue weighted by atomic mass is 32.2. The number of furan rings is 1. The quantitative estimate of drug-likeness (QED) is 0.373. The number of rotatable bonds is 7. The third kappa shape index (κ3) is 4.56. The molecule has 0 saturated heterocycles. The van der Waals surface area contributed by atoms with Crippen LogP contribution >= 0.6 is 11.8 Å². The number of fused-ring (bicyclic) bond motifs is 1. The van der Waals surface area contributed by atoms with E-state index in [0.29, 0.717) is 16.7 Å². The van der Waals surface area contributed by atoms with Gasteiger partial charge in [-0.25, -0.2) is 4.98 Å². The van der Waals surface area contributed by atoms with Gasteiger partial charge in [-0.3, -0.25) is 19.0 Å². The molecule has 1 N–H and O–H groups in total. The van der Waals surface area contributed by atoms with Crippen LogP contribution in [-0.2, 0) is 27.4 Å². The zero-order valence-corrected chi connectivity index (χ0v) is 15.3. The molecule has 3 aromatic rings. The van der Waals surface area contributed by atoms with Crippen LogP contribution in [0.3, 0.4) is 0 Å². The number of thioether (sulfide) groups is 1. The van der Waals surface area contributed by atoms with Crippen molar-refractivity contribution >= 4 is 34.5 Å². The molecular weight excluding hydrogens is 370 g/mol. The lowest BCUT2D eigenvalue weighted by Crippen LogP contribution is -2.29. The largest absolute Gasteiger partial charge is 0.468 e. The number of benzene rings is 1. The van der Waals surface area contributed by atoms with Crippen LogP contribution in [0.25, 0.3) is 10.9 Å². The summed E-state index contributed by atoms with van der Waals surface area (Å²) in [5.41, 5.74) is 0.145. The molecule has 0 saturated carbocycles. The van der Waals surface area contributed by atoms with E-state index in [-0.39, 0.29) is 35.5 Å². The molecule has 0 fully saturated rings. The lowest BCUT2D eigenvalue weighted by Gasteiger charge is -2.12. The van der Waals surface area contributed by atoms with Crippen molar-refractivity contribution in [2.75, 3.05) is 12.9 Å². The molecule has 0 atom stereocenters. The SMILES string of the molecule is COC(=O)Cn1c(SCC(=O)NCc2ccco2)nc2ccccc2c1=O. The normalized spacial score (nSPS) is 10.7. The number of methoxy groups -OCH3 is 1. The lowest BCUT2D eigenvalue weighted by atomic mass is 10.2. The second-order valence-electron chi connectivity index (χ2n) is 5.52. The second-order valence-corrected chi connectivity index (χ2v) is 6.47. The van der Waals surface area contributed by atoms with E-state index >= 15 is 0 Å². The molecule has 1 aromatic carbocycles. The van der Waals surface area contributed by atoms with E-state index in [1.807, 2.05) is 0 Å². The van der Waals surface area contributed by atoms with Crippen LogP contribution in [0, 0.1) is 0 Å². The summed E-state index contributed by atoms with van der Waals surface area (Å²) >= 11 is 1.08. The highest BCUT2D eigenvalue weighted by Gasteiger charge is 2.16. The first kappa shape index (κ1) is 18.7. The molecule has 0 aliphatic rings. The average Bonchev–Trinajstić information content (AvgIpc) is 3.20. The van der Waals surface area contributed by atoms with Gasteiger partial charge in [0.1, 0.15) is 12.3 Å². The number of hydrogen-bond donors (Lipinski definition) is 1. The van der Waals surface area contributed by atoms with E-state index in [4.69, 9.17) is 4.42 Å². The van der Waals surface area contributed by atoms with Crippen molar-refractivity contribution in [1.82, 2.24) is 14.9 Å². The molecule has 2 heterocycles. The van der Waals surface area contributed by atoms with Crippen LogP contribution in [0.5, 0.6) is 0 Å². The zero-order valence-electron chi connectivity index (χ0n) is 14.5. The third-order valence-electron chi connectivity index (χ3n) is 3.71. The van der Waals surface area contributed by atoms with Gasteiger partial charge < -0.3 is 14.5 Å². The minimum Gasteiger partial charge on any atom is -0.468 e. The Bertz CT molecular complexity index is 1010. The average molecular weight is 387 g/mol. The van der Waals surface area contributed by atoms with Crippen LogP contribution < -0.4 is 10.9 Å². The summed E-state index contributed by atoms with van der Waals surface area (Å²) in [7, 11) is 1.25. The van der Waals surface area contributed by atoms with E-state index in [9.17, 15) is 14.4 Å². The predicted molar refractivity (Wildman–Crippen MR) is 99.3 cm³/mol. The van der Waals surface area contributed by atoms with E-state index in [0.717, 1.165) is 11.8 Å². The molecule has 1 amide bonds. The topological polar surface area (TPSA) is 103 Å². The van der Waals surface area contributed by atoms with Gasteiger partial charge in [-0.2, -0.15) is 0 Å². The van der Waals surface area contributed by atoms with Crippen molar-refractivity contribution in [3.05, 3.63) is 58.8 Å². The van der Waals surface area contributed by atoms with Crippen LogP contribution in [0.15, 0.2) is 57.0 Å².